The topological polar surface area (TPSA) is 93.0 Å². The second-order valence-electron chi connectivity index (χ2n) is 11.0. The summed E-state index contributed by atoms with van der Waals surface area (Å²) in [7, 11) is 5.70. The van der Waals surface area contributed by atoms with Crippen LogP contribution in [0.25, 0.3) is 33.4 Å². The molecule has 8 nitrogen and oxygen atoms in total. The summed E-state index contributed by atoms with van der Waals surface area (Å²) >= 11 is 1.64. The van der Waals surface area contributed by atoms with Gasteiger partial charge in [-0.3, -0.25) is 9.78 Å². The lowest BCUT2D eigenvalue weighted by Gasteiger charge is -2.37. The number of aromatic nitrogens is 2. The van der Waals surface area contributed by atoms with Gasteiger partial charge in [0.05, 0.1) is 28.5 Å². The molecule has 11 heteroatoms. The van der Waals surface area contributed by atoms with Gasteiger partial charge in [-0.15, -0.1) is 0 Å². The molecule has 2 N–H and O–H groups in total. The van der Waals surface area contributed by atoms with E-state index in [4.69, 9.17) is 4.98 Å². The molecule has 0 saturated carbocycles. The number of carbonyl (C=O) groups excluding carboxylic acids is 1. The Morgan fingerprint density at radius 1 is 1.00 bits per heavy atom. The van der Waals surface area contributed by atoms with Crippen molar-refractivity contribution in [3.8, 4) is 22.4 Å². The zero-order valence-electron chi connectivity index (χ0n) is 24.6. The summed E-state index contributed by atoms with van der Waals surface area (Å²) in [6, 6.07) is 12.8. The molecule has 5 rings (SSSR count). The molecule has 1 aliphatic heterocycles. The Labute approximate surface area is 254 Å². The summed E-state index contributed by atoms with van der Waals surface area (Å²) in [5, 5.41) is 21.5. The van der Waals surface area contributed by atoms with Crippen LogP contribution in [0.3, 0.4) is 0 Å². The first kappa shape index (κ1) is 31.0. The fourth-order valence-corrected chi connectivity index (χ4v) is 6.11. The Hall–Kier alpha value is -3.48. The van der Waals surface area contributed by atoms with E-state index < -0.39 is 23.1 Å². The molecular formula is C32H35F2N5O3S. The van der Waals surface area contributed by atoms with Crippen molar-refractivity contribution >= 4 is 28.7 Å². The molecule has 0 atom stereocenters. The average Bonchev–Trinajstić information content (AvgIpc) is 2.98. The van der Waals surface area contributed by atoms with E-state index in [-0.39, 0.29) is 11.5 Å². The van der Waals surface area contributed by atoms with Crippen LogP contribution in [0, 0.1) is 18.6 Å². The highest BCUT2D eigenvalue weighted by molar-refractivity contribution is 7.99. The summed E-state index contributed by atoms with van der Waals surface area (Å²) in [6.07, 6.45) is 1.62. The fourth-order valence-electron chi connectivity index (χ4n) is 5.21. The summed E-state index contributed by atoms with van der Waals surface area (Å²) in [5.74, 6) is -3.71. The molecule has 0 radical (unpaired) electrons. The van der Waals surface area contributed by atoms with E-state index in [9.17, 15) is 15.0 Å². The van der Waals surface area contributed by atoms with Crippen LogP contribution < -0.4 is 0 Å². The maximum absolute atomic E-state index is 15.4. The van der Waals surface area contributed by atoms with Gasteiger partial charge in [0.15, 0.2) is 0 Å². The second kappa shape index (κ2) is 12.6. The quantitative estimate of drug-likeness (QED) is 0.286. The van der Waals surface area contributed by atoms with Crippen molar-refractivity contribution in [1.29, 1.82) is 0 Å². The van der Waals surface area contributed by atoms with E-state index in [1.54, 1.807) is 54.2 Å². The van der Waals surface area contributed by atoms with Gasteiger partial charge in [0, 0.05) is 61.4 Å². The minimum absolute atomic E-state index is 0.0702. The predicted molar refractivity (Wildman–Crippen MR) is 166 cm³/mol. The maximum Gasteiger partial charge on any atom is 0.259 e. The van der Waals surface area contributed by atoms with Gasteiger partial charge in [0.1, 0.15) is 11.6 Å². The van der Waals surface area contributed by atoms with Crippen molar-refractivity contribution in [1.82, 2.24) is 24.7 Å². The third kappa shape index (κ3) is 6.41. The van der Waals surface area contributed by atoms with Gasteiger partial charge in [0.25, 0.3) is 11.8 Å². The van der Waals surface area contributed by atoms with Crippen LogP contribution in [0.2, 0.25) is 0 Å². The lowest BCUT2D eigenvalue weighted by atomic mass is 9.99. The minimum Gasteiger partial charge on any atom is -0.349 e. The van der Waals surface area contributed by atoms with Crippen LogP contribution in [-0.4, -0.2) is 99.6 Å². The molecule has 0 bridgehead atoms. The largest absolute Gasteiger partial charge is 0.349 e. The van der Waals surface area contributed by atoms with E-state index in [1.807, 2.05) is 38.1 Å². The molecule has 0 unspecified atom stereocenters. The maximum atomic E-state index is 15.4. The van der Waals surface area contributed by atoms with E-state index in [0.717, 1.165) is 29.8 Å². The first-order valence-electron chi connectivity index (χ1n) is 14.0. The summed E-state index contributed by atoms with van der Waals surface area (Å²) in [5.41, 5.74) is 3.46. The van der Waals surface area contributed by atoms with Crippen molar-refractivity contribution in [2.75, 3.05) is 58.8 Å². The standard InChI is InChI=1S/C32H35F2N5O3S/c1-20-16-21(8-9-23(20)31(40)38(4)11-10-37(2)3)28-19-35-27-7-5-6-24(30(27)36-28)22-17-25(33)29(26(34)18-22)32(41,42)39-12-14-43-15-13-39/h5-9,16-19,41-42H,10-15H2,1-4H3. The van der Waals surface area contributed by atoms with E-state index in [2.05, 4.69) is 4.98 Å². The van der Waals surface area contributed by atoms with Gasteiger partial charge in [-0.2, -0.15) is 11.8 Å². The molecule has 3 aromatic carbocycles. The summed E-state index contributed by atoms with van der Waals surface area (Å²) in [6.45, 7) is 3.81. The third-order valence-electron chi connectivity index (χ3n) is 7.70. The van der Waals surface area contributed by atoms with Crippen molar-refractivity contribution in [2.45, 2.75) is 12.8 Å². The Morgan fingerprint density at radius 2 is 1.70 bits per heavy atom. The van der Waals surface area contributed by atoms with Gasteiger partial charge in [-0.25, -0.2) is 18.7 Å². The third-order valence-corrected chi connectivity index (χ3v) is 8.64. The zero-order valence-corrected chi connectivity index (χ0v) is 25.5. The van der Waals surface area contributed by atoms with Crippen LogP contribution in [0.1, 0.15) is 21.5 Å². The van der Waals surface area contributed by atoms with E-state index in [0.29, 0.717) is 59.0 Å². The van der Waals surface area contributed by atoms with Crippen LogP contribution in [0.5, 0.6) is 0 Å². The van der Waals surface area contributed by atoms with Crippen LogP contribution in [-0.2, 0) is 5.91 Å². The van der Waals surface area contributed by atoms with Gasteiger partial charge in [0.2, 0.25) is 0 Å². The smallest absolute Gasteiger partial charge is 0.259 e. The number of aliphatic hydroxyl groups is 2. The molecular weight excluding hydrogens is 572 g/mol. The van der Waals surface area contributed by atoms with Crippen LogP contribution in [0.15, 0.2) is 54.7 Å². The molecule has 1 aromatic heterocycles. The lowest BCUT2D eigenvalue weighted by Crippen LogP contribution is -2.50. The average molecular weight is 608 g/mol. The number of likely N-dealkylation sites (N-methyl/N-ethyl adjacent to an activating group) is 2. The Balaban J connectivity index is 1.49. The van der Waals surface area contributed by atoms with E-state index in [1.165, 1.54) is 4.90 Å². The van der Waals surface area contributed by atoms with Crippen molar-refractivity contribution in [3.05, 3.63) is 83.1 Å². The Bertz CT molecular complexity index is 1640. The molecule has 0 aliphatic carbocycles. The Kier molecular flexibility index (Phi) is 9.10. The number of aryl methyl sites for hydroxylation is 1. The molecule has 4 aromatic rings. The van der Waals surface area contributed by atoms with Gasteiger partial charge in [-0.05, 0) is 62.5 Å². The fraction of sp³-hybridized carbons (Fsp3) is 0.344. The normalized spacial score (nSPS) is 14.4. The number of rotatable bonds is 8. The number of thioether (sulfide) groups is 1. The van der Waals surface area contributed by atoms with Crippen molar-refractivity contribution in [2.24, 2.45) is 0 Å². The molecule has 1 amide bonds. The highest BCUT2D eigenvalue weighted by atomic mass is 32.2. The number of para-hydroxylation sites is 1. The SMILES string of the molecule is Cc1cc(-c2cnc3cccc(-c4cc(F)c(C(O)(O)N5CCSCC5)c(F)c4)c3n2)ccc1C(=O)N(C)CCN(C)C. The monoisotopic (exact) mass is 607 g/mol. The second-order valence-corrected chi connectivity index (χ2v) is 12.3. The number of halogens is 2. The number of carbonyl (C=O) groups is 1. The summed E-state index contributed by atoms with van der Waals surface area (Å²) < 4.78 is 30.8. The van der Waals surface area contributed by atoms with Crippen LogP contribution >= 0.6 is 11.8 Å². The minimum atomic E-state index is -2.77. The molecule has 2 heterocycles. The van der Waals surface area contributed by atoms with Crippen LogP contribution in [0.4, 0.5) is 8.78 Å². The number of nitrogens with zero attached hydrogens (tertiary/aromatic N) is 5. The Morgan fingerprint density at radius 3 is 2.35 bits per heavy atom. The highest BCUT2D eigenvalue weighted by Crippen LogP contribution is 2.35. The zero-order chi connectivity index (χ0) is 30.9. The molecule has 1 aliphatic rings. The van der Waals surface area contributed by atoms with Gasteiger partial charge in [-0.1, -0.05) is 18.2 Å². The number of benzene rings is 3. The predicted octanol–water partition coefficient (Wildman–Crippen LogP) is 4.33. The molecule has 43 heavy (non-hydrogen) atoms. The molecule has 0 spiro atoms. The summed E-state index contributed by atoms with van der Waals surface area (Å²) in [4.78, 5) is 27.3. The van der Waals surface area contributed by atoms with Gasteiger partial charge < -0.3 is 20.0 Å². The first-order valence-corrected chi connectivity index (χ1v) is 15.2. The number of amides is 1. The highest BCUT2D eigenvalue weighted by Gasteiger charge is 2.40. The van der Waals surface area contributed by atoms with Gasteiger partial charge >= 0.3 is 0 Å². The molecule has 1 fully saturated rings. The van der Waals surface area contributed by atoms with Crippen molar-refractivity contribution < 1.29 is 23.8 Å². The number of hydrogen-bond donors (Lipinski definition) is 2. The number of fused-ring (bicyclic) bond motifs is 1. The lowest BCUT2D eigenvalue weighted by molar-refractivity contribution is -0.276. The molecule has 1 saturated heterocycles. The number of hydrogen-bond acceptors (Lipinski definition) is 8. The first-order chi connectivity index (χ1) is 20.5. The molecule has 226 valence electrons. The van der Waals surface area contributed by atoms with E-state index >= 15 is 8.78 Å². The van der Waals surface area contributed by atoms with Crippen molar-refractivity contribution in [3.63, 3.8) is 0 Å².